The van der Waals surface area contributed by atoms with Crippen LogP contribution in [0.4, 0.5) is 0 Å². The number of carbonyl (C=O) groups excluding carboxylic acids is 3. The predicted octanol–water partition coefficient (Wildman–Crippen LogP) is 1.95. The van der Waals surface area contributed by atoms with Gasteiger partial charge in [0.1, 0.15) is 23.9 Å². The number of benzene rings is 2. The van der Waals surface area contributed by atoms with Crippen molar-refractivity contribution in [2.45, 2.75) is 69.5 Å². The summed E-state index contributed by atoms with van der Waals surface area (Å²) in [5.74, 6) is -3.33. The van der Waals surface area contributed by atoms with Crippen molar-refractivity contribution in [3.8, 4) is 5.75 Å². The van der Waals surface area contributed by atoms with Crippen LogP contribution in [0.1, 0.15) is 36.1 Å². The molecule has 4 atom stereocenters. The zero-order valence-corrected chi connectivity index (χ0v) is 25.8. The Labute approximate surface area is 255 Å². The van der Waals surface area contributed by atoms with Gasteiger partial charge in [0.25, 0.3) is 0 Å². The highest BCUT2D eigenvalue weighted by Crippen LogP contribution is 2.22. The van der Waals surface area contributed by atoms with Gasteiger partial charge >= 0.3 is 5.97 Å². The molecule has 0 aromatic heterocycles. The summed E-state index contributed by atoms with van der Waals surface area (Å²) in [6.07, 6.45) is 0.183. The van der Waals surface area contributed by atoms with Crippen molar-refractivity contribution in [2.24, 2.45) is 5.73 Å². The molecule has 0 aliphatic carbocycles. The van der Waals surface area contributed by atoms with Crippen LogP contribution in [0.2, 0.25) is 5.02 Å². The van der Waals surface area contributed by atoms with Gasteiger partial charge in [-0.05, 0) is 80.6 Å². The lowest BCUT2D eigenvalue weighted by Gasteiger charge is -2.29. The molecule has 0 unspecified atom stereocenters. The highest BCUT2D eigenvalue weighted by Gasteiger charge is 2.36. The molecule has 0 aliphatic rings. The van der Waals surface area contributed by atoms with Crippen molar-refractivity contribution in [1.29, 1.82) is 0 Å². The van der Waals surface area contributed by atoms with Crippen LogP contribution in [0.25, 0.3) is 0 Å². The first-order chi connectivity index (χ1) is 19.0. The molecule has 41 heavy (non-hydrogen) atoms. The van der Waals surface area contributed by atoms with Gasteiger partial charge in [-0.2, -0.15) is 25.3 Å². The maximum Gasteiger partial charge on any atom is 0.327 e. The Morgan fingerprint density at radius 3 is 1.93 bits per heavy atom. The lowest BCUT2D eigenvalue weighted by Crippen LogP contribution is -2.60. The monoisotopic (exact) mass is 624 g/mol. The van der Waals surface area contributed by atoms with Crippen LogP contribution >= 0.6 is 36.9 Å². The molecule has 0 fully saturated rings. The van der Waals surface area contributed by atoms with E-state index in [-0.39, 0.29) is 24.3 Å². The molecule has 2 aromatic rings. The van der Waals surface area contributed by atoms with Crippen molar-refractivity contribution in [3.05, 3.63) is 63.7 Å². The zero-order chi connectivity index (χ0) is 31.1. The van der Waals surface area contributed by atoms with E-state index in [0.29, 0.717) is 10.6 Å². The van der Waals surface area contributed by atoms with Gasteiger partial charge in [-0.15, -0.1) is 0 Å². The van der Waals surface area contributed by atoms with Crippen molar-refractivity contribution in [1.82, 2.24) is 16.0 Å². The molecule has 2 aromatic carbocycles. The van der Waals surface area contributed by atoms with Gasteiger partial charge in [-0.3, -0.25) is 14.4 Å². The second-order valence-electron chi connectivity index (χ2n) is 10.4. The molecule has 3 amide bonds. The maximum absolute atomic E-state index is 13.3. The first kappa shape index (κ1) is 34.3. The summed E-state index contributed by atoms with van der Waals surface area (Å²) in [5, 5.41) is 27.5. The number of halogens is 1. The largest absolute Gasteiger partial charge is 0.508 e. The van der Waals surface area contributed by atoms with Crippen LogP contribution in [0.3, 0.4) is 0 Å². The molecule has 224 valence electrons. The van der Waals surface area contributed by atoms with E-state index in [1.807, 2.05) is 0 Å². The molecule has 0 bridgehead atoms. The smallest absolute Gasteiger partial charge is 0.327 e. The summed E-state index contributed by atoms with van der Waals surface area (Å²) in [6, 6.07) is 5.06. The van der Waals surface area contributed by atoms with Crippen LogP contribution in [-0.4, -0.2) is 68.6 Å². The van der Waals surface area contributed by atoms with Crippen molar-refractivity contribution in [3.63, 3.8) is 0 Å². The second kappa shape index (κ2) is 14.8. The quantitative estimate of drug-likeness (QED) is 0.157. The van der Waals surface area contributed by atoms with Crippen molar-refractivity contribution in [2.75, 3.05) is 5.75 Å². The molecular formula is C28H37ClN4O6S2. The van der Waals surface area contributed by atoms with E-state index in [2.05, 4.69) is 41.2 Å². The molecule has 0 radical (unpaired) electrons. The van der Waals surface area contributed by atoms with Crippen LogP contribution in [0.5, 0.6) is 5.75 Å². The normalized spacial score (nSPS) is 14.3. The second-order valence-corrected chi connectivity index (χ2v) is 12.4. The molecule has 7 N–H and O–H groups in total. The van der Waals surface area contributed by atoms with Gasteiger partial charge in [-0.1, -0.05) is 23.7 Å². The number of hydrogen-bond donors (Lipinski definition) is 8. The number of aromatic hydroxyl groups is 1. The van der Waals surface area contributed by atoms with Crippen LogP contribution in [0, 0.1) is 13.8 Å². The van der Waals surface area contributed by atoms with Gasteiger partial charge < -0.3 is 31.9 Å². The van der Waals surface area contributed by atoms with E-state index in [0.717, 1.165) is 16.7 Å². The van der Waals surface area contributed by atoms with Gasteiger partial charge in [-0.25, -0.2) is 4.79 Å². The summed E-state index contributed by atoms with van der Waals surface area (Å²) < 4.78 is -1.11. The van der Waals surface area contributed by atoms with Crippen molar-refractivity contribution >= 4 is 60.5 Å². The minimum absolute atomic E-state index is 0.0141. The molecule has 10 nitrogen and oxygen atoms in total. The molecule has 0 heterocycles. The third-order valence-electron chi connectivity index (χ3n) is 6.48. The molecular weight excluding hydrogens is 588 g/mol. The summed E-state index contributed by atoms with van der Waals surface area (Å²) in [4.78, 5) is 51.2. The number of aryl methyl sites for hydroxylation is 2. The molecule has 0 spiro atoms. The summed E-state index contributed by atoms with van der Waals surface area (Å²) in [5.41, 5.74) is 9.15. The van der Waals surface area contributed by atoms with E-state index in [1.165, 1.54) is 0 Å². The number of phenols is 1. The van der Waals surface area contributed by atoms with E-state index < -0.39 is 52.6 Å². The third kappa shape index (κ3) is 10.1. The third-order valence-corrected chi connectivity index (χ3v) is 7.36. The first-order valence-electron chi connectivity index (χ1n) is 12.8. The zero-order valence-electron chi connectivity index (χ0n) is 23.3. The standard InChI is InChI=1S/C28H37ClN4O6S2/c1-14-9-18(34)10-15(2)19(14)12-20(30)24(35)32-22(13-40)26(37)31-21(11-16-5-7-17(29)8-6-16)25(36)33-23(27(38)39)28(3,4)41/h5-10,20-23,34,40-41H,11-13,30H2,1-4H3,(H,31,37)(H,32,35)(H,33,36)(H,38,39)/t20-,21+,22+,23-/m0/s1. The number of carboxylic acid groups (broad SMARTS) is 1. The van der Waals surface area contributed by atoms with Crippen molar-refractivity contribution < 1.29 is 29.4 Å². The summed E-state index contributed by atoms with van der Waals surface area (Å²) in [7, 11) is 0. The van der Waals surface area contributed by atoms with Gasteiger partial charge in [0.05, 0.1) is 6.04 Å². The van der Waals surface area contributed by atoms with Gasteiger partial charge in [0, 0.05) is 21.9 Å². The number of rotatable bonds is 13. The minimum atomic E-state index is -1.35. The Morgan fingerprint density at radius 2 is 1.44 bits per heavy atom. The van der Waals surface area contributed by atoms with Gasteiger partial charge in [0.2, 0.25) is 17.7 Å². The fourth-order valence-corrected chi connectivity index (χ4v) is 4.76. The van der Waals surface area contributed by atoms with Gasteiger partial charge in [0.15, 0.2) is 0 Å². The highest BCUT2D eigenvalue weighted by atomic mass is 35.5. The maximum atomic E-state index is 13.3. The van der Waals surface area contributed by atoms with Crippen LogP contribution in [-0.2, 0) is 32.0 Å². The Balaban J connectivity index is 2.21. The number of thiol groups is 2. The molecule has 2 rings (SSSR count). The lowest BCUT2D eigenvalue weighted by molar-refractivity contribution is -0.143. The van der Waals surface area contributed by atoms with Crippen LogP contribution in [0.15, 0.2) is 36.4 Å². The van der Waals surface area contributed by atoms with E-state index >= 15 is 0 Å². The van der Waals surface area contributed by atoms with E-state index in [9.17, 15) is 29.4 Å². The highest BCUT2D eigenvalue weighted by molar-refractivity contribution is 7.81. The lowest BCUT2D eigenvalue weighted by atomic mass is 9.96. The average Bonchev–Trinajstić information content (AvgIpc) is 2.87. The number of amides is 3. The number of carbonyl (C=O) groups is 4. The van der Waals surface area contributed by atoms with Crippen LogP contribution < -0.4 is 21.7 Å². The summed E-state index contributed by atoms with van der Waals surface area (Å²) >= 11 is 14.5. The molecule has 0 saturated heterocycles. The SMILES string of the molecule is Cc1cc(O)cc(C)c1C[C@H](N)C(=O)N[C@H](CS)C(=O)N[C@H](Cc1ccc(Cl)cc1)C(=O)N[C@@H](C(=O)O)C(C)(C)S. The number of phenolic OH excluding ortho intramolecular Hbond substituents is 1. The first-order valence-corrected chi connectivity index (χ1v) is 14.3. The predicted molar refractivity (Wildman–Crippen MR) is 165 cm³/mol. The number of carboxylic acids is 1. The summed E-state index contributed by atoms with van der Waals surface area (Å²) in [6.45, 7) is 6.68. The Kier molecular flexibility index (Phi) is 12.4. The Hall–Kier alpha value is -2.93. The number of nitrogens with one attached hydrogen (secondary N) is 3. The van der Waals surface area contributed by atoms with E-state index in [4.69, 9.17) is 17.3 Å². The fraction of sp³-hybridized carbons (Fsp3) is 0.429. The Bertz CT molecular complexity index is 1250. The number of aliphatic carboxylic acids is 1. The molecule has 0 saturated carbocycles. The molecule has 0 aliphatic heterocycles. The number of hydrogen-bond acceptors (Lipinski definition) is 8. The fourth-order valence-electron chi connectivity index (χ4n) is 4.20. The molecule has 13 heteroatoms. The number of nitrogens with two attached hydrogens (primary N) is 1. The topological polar surface area (TPSA) is 171 Å². The van der Waals surface area contributed by atoms with E-state index in [1.54, 1.807) is 64.1 Å². The Morgan fingerprint density at radius 1 is 0.927 bits per heavy atom. The average molecular weight is 625 g/mol. The minimum Gasteiger partial charge on any atom is -0.508 e.